The van der Waals surface area contributed by atoms with E-state index in [1.807, 2.05) is 22.3 Å². The van der Waals surface area contributed by atoms with E-state index in [4.69, 9.17) is 15.6 Å². The molecule has 0 aromatic heterocycles. The molecule has 2 spiro atoms. The average Bonchev–Trinajstić information content (AvgIpc) is 1.40. The highest BCUT2D eigenvalue weighted by atomic mass is 19.4. The summed E-state index contributed by atoms with van der Waals surface area (Å²) in [6.45, 7) is 4.40. The second-order valence-corrected chi connectivity index (χ2v) is 28.7. The van der Waals surface area contributed by atoms with Gasteiger partial charge in [0.2, 0.25) is 0 Å². The first-order valence-corrected chi connectivity index (χ1v) is 30.3. The molecule has 0 atom stereocenters. The van der Waals surface area contributed by atoms with Crippen LogP contribution in [0.2, 0.25) is 0 Å². The molecule has 4 nitrogen and oxygen atoms in total. The summed E-state index contributed by atoms with van der Waals surface area (Å²) < 4.78 is 31.7. The first kappa shape index (κ1) is 35.4. The minimum Gasteiger partial charge on any atom is -0.475 e. The maximum atomic E-state index is 10.6. The van der Waals surface area contributed by atoms with Crippen molar-refractivity contribution in [3.05, 3.63) is 22.3 Å². The lowest BCUT2D eigenvalue weighted by atomic mass is 9.50. The maximum Gasteiger partial charge on any atom is 0.490 e. The smallest absolute Gasteiger partial charge is 0.475 e. The Hall–Kier alpha value is -8.36. The lowest BCUT2D eigenvalue weighted by Gasteiger charge is -2.49. The summed E-state index contributed by atoms with van der Waals surface area (Å²) in [7, 11) is 0. The Bertz CT molecular complexity index is 6860. The minimum atomic E-state index is -5.08. The Labute approximate surface area is 445 Å². The molecule has 3 N–H and O–H groups in total. The van der Waals surface area contributed by atoms with Crippen molar-refractivity contribution < 1.29 is 23.1 Å². The zero-order chi connectivity index (χ0) is 50.6. The Balaban J connectivity index is 0.000000523. The molecule has 7 heteroatoms. The van der Waals surface area contributed by atoms with Gasteiger partial charge in [-0.3, -0.25) is 0 Å². The van der Waals surface area contributed by atoms with Crippen molar-refractivity contribution in [3.8, 4) is 0 Å². The summed E-state index contributed by atoms with van der Waals surface area (Å²) in [5.74, 6) is -2.76. The van der Waals surface area contributed by atoms with Crippen LogP contribution in [0, 0.1) is 0 Å². The number of carboxylic acids is 1. The zero-order valence-electron chi connectivity index (χ0n) is 42.5. The standard InChI is InChI=1S/C72H26N2.C2HF3O2/c73-9-7-5-3-1-2-4-6-8-10-74-11-71-67-59-51-41-31-23-15-13-14-17-21-19(15)27-35-29(21)39-33-25(17)26-18(14)22-20-16(13)24(23)32-38-28(20)36-30(22)40-34(26)44-43(33)53-47(39)57-49(35)55(45(51)37(27)31)63(67)65(57)69-61(53)62-54(44)48(40)58-50(36)56-46(38)52(42(32)41)60(59)68(71)64(56)66(58)70(62)72(69,71)12-74;3-2(4,5)1(6)7/h1-12,73H2;(H,6,7). The monoisotopic (exact) mass is 1030 g/mol. The van der Waals surface area contributed by atoms with E-state index in [1.165, 1.54) is 71.0 Å². The van der Waals surface area contributed by atoms with Gasteiger partial charge in [0.05, 0.1) is 10.8 Å². The number of likely N-dealkylation sites (tertiary alicyclic amines) is 1. The van der Waals surface area contributed by atoms with E-state index in [1.54, 1.807) is 291 Å². The van der Waals surface area contributed by atoms with Gasteiger partial charge >= 0.3 is 12.1 Å². The highest BCUT2D eigenvalue weighted by Gasteiger charge is 2.72. The van der Waals surface area contributed by atoms with Crippen LogP contribution < -0.4 is 5.73 Å². The molecule has 4 aliphatic carbocycles. The highest BCUT2D eigenvalue weighted by molar-refractivity contribution is 6.82. The fourth-order valence-electron chi connectivity index (χ4n) is 26.6. The fraction of sp³-hybridized carbons (Fsp3) is 0.203. The van der Waals surface area contributed by atoms with E-state index >= 15 is 0 Å². The molecule has 5 aliphatic rings. The number of alkyl halides is 3. The van der Waals surface area contributed by atoms with Crippen LogP contribution in [0.3, 0.4) is 0 Å². The molecule has 1 aliphatic heterocycles. The van der Waals surface area contributed by atoms with Crippen LogP contribution >= 0.6 is 0 Å². The quantitative estimate of drug-likeness (QED) is 0.106. The predicted molar refractivity (Wildman–Crippen MR) is 330 cm³/mol. The number of unbranched alkanes of at least 4 members (excludes halogenated alkanes) is 7. The molecule has 0 saturated carbocycles. The largest absolute Gasteiger partial charge is 0.490 e. The van der Waals surface area contributed by atoms with E-state index in [9.17, 15) is 13.2 Å². The van der Waals surface area contributed by atoms with Crippen LogP contribution in [-0.4, -0.2) is 48.3 Å². The Kier molecular flexibility index (Phi) is 3.84. The number of aliphatic carboxylic acids is 1. The van der Waals surface area contributed by atoms with Crippen molar-refractivity contribution in [2.75, 3.05) is 26.2 Å². The molecule has 0 radical (unpaired) electrons. The summed E-state index contributed by atoms with van der Waals surface area (Å²) in [4.78, 5) is 12.0. The summed E-state index contributed by atoms with van der Waals surface area (Å²) in [5, 5.41) is 99.2. The number of carboxylic acid groups (broad SMARTS) is 1. The molecule has 28 aromatic carbocycles. The fourth-order valence-corrected chi connectivity index (χ4v) is 26.6. The van der Waals surface area contributed by atoms with E-state index < -0.39 is 12.1 Å². The highest BCUT2D eigenvalue weighted by Crippen LogP contribution is 2.85. The van der Waals surface area contributed by atoms with Gasteiger partial charge in [-0.15, -0.1) is 0 Å². The third kappa shape index (κ3) is 2.27. The van der Waals surface area contributed by atoms with Gasteiger partial charge in [0.1, 0.15) is 0 Å². The molecule has 366 valence electrons. The van der Waals surface area contributed by atoms with Crippen LogP contribution in [0.15, 0.2) is 0 Å². The maximum absolute atomic E-state index is 10.6. The molecule has 0 bridgehead atoms. The van der Waals surface area contributed by atoms with Gasteiger partial charge in [0, 0.05) is 13.1 Å². The first-order valence-electron chi connectivity index (χ1n) is 30.3. The molecule has 0 amide bonds. The molecule has 1 saturated heterocycles. The third-order valence-corrected chi connectivity index (χ3v) is 27.3. The lowest BCUT2D eigenvalue weighted by Crippen LogP contribution is -2.51. The van der Waals surface area contributed by atoms with E-state index in [-0.39, 0.29) is 10.8 Å². The number of benzene rings is 18. The van der Waals surface area contributed by atoms with Gasteiger partial charge in [0.15, 0.2) is 0 Å². The van der Waals surface area contributed by atoms with Gasteiger partial charge in [0.25, 0.3) is 0 Å². The second kappa shape index (κ2) is 8.79. The summed E-state index contributed by atoms with van der Waals surface area (Å²) in [6.07, 6.45) is 5.52. The number of nitrogens with two attached hydrogens (primary N) is 1. The summed E-state index contributed by atoms with van der Waals surface area (Å²) in [6, 6.07) is 0. The number of nitrogens with zero attached hydrogens (tertiary/aromatic N) is 1. The van der Waals surface area contributed by atoms with Crippen molar-refractivity contribution >= 4 is 297 Å². The van der Waals surface area contributed by atoms with E-state index in [2.05, 4.69) is 4.90 Å². The van der Waals surface area contributed by atoms with Crippen molar-refractivity contribution in [2.45, 2.75) is 68.4 Å². The SMILES string of the molecule is NCCCCCCCCCCN1CC23c4c5c6c7c8c9c(c%10c%11c2c2c4c4c%12c5c5c6c6c8c8c%13c9c9c%10c%10c%11c%11c2c2c4c4c%12c%12c5c5c6c8c6c8c%13c9c9c%10c%10c%11c2c2c4c4c%12c5c6c5c8c9c%10c2c45)C73C1.O=C(O)C(F)(F)F. The van der Waals surface area contributed by atoms with Gasteiger partial charge in [-0.2, -0.15) is 13.2 Å². The van der Waals surface area contributed by atoms with Crippen LogP contribution in [0.4, 0.5) is 13.2 Å². The second-order valence-electron chi connectivity index (χ2n) is 28.7. The molecule has 81 heavy (non-hydrogen) atoms. The van der Waals surface area contributed by atoms with Crippen molar-refractivity contribution in [1.82, 2.24) is 4.90 Å². The summed E-state index contributed by atoms with van der Waals surface area (Å²) >= 11 is 0. The van der Waals surface area contributed by atoms with E-state index in [0.717, 1.165) is 6.54 Å². The Morgan fingerprint density at radius 1 is 0.309 bits per heavy atom. The zero-order valence-corrected chi connectivity index (χ0v) is 42.5. The van der Waals surface area contributed by atoms with Crippen LogP contribution in [-0.2, 0) is 15.6 Å². The topological polar surface area (TPSA) is 66.6 Å². The Morgan fingerprint density at radius 2 is 0.457 bits per heavy atom. The summed E-state index contributed by atoms with van der Waals surface area (Å²) in [5.41, 5.74) is 13.0. The third-order valence-electron chi connectivity index (χ3n) is 27.3. The molecule has 0 unspecified atom stereocenters. The van der Waals surface area contributed by atoms with Crippen LogP contribution in [0.25, 0.3) is 291 Å². The van der Waals surface area contributed by atoms with Crippen molar-refractivity contribution in [3.63, 3.8) is 0 Å². The molecule has 33 rings (SSSR count). The predicted octanol–water partition coefficient (Wildman–Crippen LogP) is 19.3. The van der Waals surface area contributed by atoms with Gasteiger partial charge in [-0.25, -0.2) is 4.79 Å². The molecule has 1 heterocycles. The van der Waals surface area contributed by atoms with Gasteiger partial charge < -0.3 is 15.7 Å². The molecule has 1 fully saturated rings. The normalized spacial score (nSPS) is 21.4. The number of rotatable bonds is 10. The van der Waals surface area contributed by atoms with Crippen molar-refractivity contribution in [2.24, 2.45) is 5.73 Å². The molecular weight excluding hydrogens is 1010 g/mol. The average molecular weight is 1030 g/mol. The van der Waals surface area contributed by atoms with Gasteiger partial charge in [-0.1, -0.05) is 38.5 Å². The number of hydrogen-bond donors (Lipinski definition) is 2. The Morgan fingerprint density at radius 3 is 0.617 bits per heavy atom. The van der Waals surface area contributed by atoms with Crippen LogP contribution in [0.1, 0.15) is 73.6 Å². The molecule has 28 aromatic rings. The number of carbonyl (C=O) groups is 1. The minimum absolute atomic E-state index is 0.124. The van der Waals surface area contributed by atoms with Gasteiger partial charge in [-0.05, 0) is 339 Å². The number of halogens is 3. The lowest BCUT2D eigenvalue weighted by molar-refractivity contribution is -0.192. The first-order chi connectivity index (χ1) is 39.8. The molecular formula is C74H27F3N2O2. The van der Waals surface area contributed by atoms with Crippen LogP contribution in [0.5, 0.6) is 0 Å². The number of hydrogen-bond acceptors (Lipinski definition) is 3. The van der Waals surface area contributed by atoms with E-state index in [0.29, 0.717) is 0 Å². The van der Waals surface area contributed by atoms with Crippen molar-refractivity contribution in [1.29, 1.82) is 0 Å².